The molecule has 2 N–H and O–H groups in total. The summed E-state index contributed by atoms with van der Waals surface area (Å²) in [5, 5.41) is 1.11. The minimum Gasteiger partial charge on any atom is -0.374 e. The minimum atomic E-state index is 0.00659. The van der Waals surface area contributed by atoms with Crippen molar-refractivity contribution >= 4 is 21.6 Å². The van der Waals surface area contributed by atoms with Gasteiger partial charge in [-0.3, -0.25) is 4.90 Å². The second-order valence-corrected chi connectivity index (χ2v) is 7.06. The third kappa shape index (κ3) is 3.43. The van der Waals surface area contributed by atoms with Crippen molar-refractivity contribution in [3.05, 3.63) is 29.3 Å². The Morgan fingerprint density at radius 2 is 2.24 bits per heavy atom. The molecule has 0 aliphatic carbocycles. The van der Waals surface area contributed by atoms with Gasteiger partial charge >= 0.3 is 0 Å². The fraction of sp³-hybridized carbons (Fsp3) is 0.562. The standard InChI is InChI=1S/C16H23N3OS/c1-11(2)19-7-8-20-14(10-19)12(17)9-16-18-13-5-3-4-6-15(13)21-16/h3-6,11-12,14H,7-10,17H2,1-2H3. The normalized spacial score (nSPS) is 22.0. The molecule has 1 aliphatic heterocycles. The average molecular weight is 305 g/mol. The van der Waals surface area contributed by atoms with Crippen LogP contribution in [0, 0.1) is 0 Å². The second kappa shape index (κ2) is 6.40. The fourth-order valence-corrected chi connectivity index (χ4v) is 3.80. The van der Waals surface area contributed by atoms with Crippen molar-refractivity contribution in [2.24, 2.45) is 5.73 Å². The molecule has 5 heteroatoms. The van der Waals surface area contributed by atoms with Gasteiger partial charge in [-0.15, -0.1) is 11.3 Å². The SMILES string of the molecule is CC(C)N1CCOC(C(N)Cc2nc3ccccc3s2)C1. The average Bonchev–Trinajstić information content (AvgIpc) is 2.89. The van der Waals surface area contributed by atoms with Crippen LogP contribution in [0.4, 0.5) is 0 Å². The molecule has 2 unspecified atom stereocenters. The van der Waals surface area contributed by atoms with E-state index in [-0.39, 0.29) is 12.1 Å². The van der Waals surface area contributed by atoms with Crippen molar-refractivity contribution < 1.29 is 4.74 Å². The zero-order valence-corrected chi connectivity index (χ0v) is 13.5. The van der Waals surface area contributed by atoms with E-state index < -0.39 is 0 Å². The molecule has 1 fully saturated rings. The Labute approximate surface area is 129 Å². The van der Waals surface area contributed by atoms with Crippen molar-refractivity contribution in [1.29, 1.82) is 0 Å². The summed E-state index contributed by atoms with van der Waals surface area (Å²) in [5.74, 6) is 0. The minimum absolute atomic E-state index is 0.00659. The Bertz CT molecular complexity index is 565. The van der Waals surface area contributed by atoms with Crippen molar-refractivity contribution in [3.63, 3.8) is 0 Å². The van der Waals surface area contributed by atoms with Gasteiger partial charge < -0.3 is 10.5 Å². The number of aromatic nitrogens is 1. The van der Waals surface area contributed by atoms with E-state index in [0.717, 1.165) is 36.6 Å². The molecule has 2 aromatic rings. The van der Waals surface area contributed by atoms with Crippen molar-refractivity contribution in [2.45, 2.75) is 38.5 Å². The van der Waals surface area contributed by atoms with Crippen LogP contribution in [0.5, 0.6) is 0 Å². The van der Waals surface area contributed by atoms with Crippen molar-refractivity contribution in [1.82, 2.24) is 9.88 Å². The van der Waals surface area contributed by atoms with Gasteiger partial charge in [0.05, 0.1) is 27.9 Å². The molecule has 2 heterocycles. The zero-order chi connectivity index (χ0) is 14.8. The fourth-order valence-electron chi connectivity index (χ4n) is 2.76. The first-order valence-corrected chi connectivity index (χ1v) is 8.41. The summed E-state index contributed by atoms with van der Waals surface area (Å²) in [6, 6.07) is 8.79. The van der Waals surface area contributed by atoms with Gasteiger partial charge in [-0.25, -0.2) is 4.98 Å². The number of rotatable bonds is 4. The van der Waals surface area contributed by atoms with E-state index in [1.54, 1.807) is 11.3 Å². The molecule has 0 radical (unpaired) electrons. The highest BCUT2D eigenvalue weighted by molar-refractivity contribution is 7.18. The van der Waals surface area contributed by atoms with Gasteiger partial charge in [0, 0.05) is 31.6 Å². The smallest absolute Gasteiger partial charge is 0.0955 e. The van der Waals surface area contributed by atoms with Gasteiger partial charge in [-0.1, -0.05) is 12.1 Å². The van der Waals surface area contributed by atoms with Crippen molar-refractivity contribution in [2.75, 3.05) is 19.7 Å². The van der Waals surface area contributed by atoms with Crippen LogP contribution in [-0.2, 0) is 11.2 Å². The Balaban J connectivity index is 1.66. The van der Waals surface area contributed by atoms with E-state index >= 15 is 0 Å². The Morgan fingerprint density at radius 1 is 1.43 bits per heavy atom. The first kappa shape index (κ1) is 14.9. The Hall–Kier alpha value is -1.01. The first-order valence-electron chi connectivity index (χ1n) is 7.59. The van der Waals surface area contributed by atoms with Crippen LogP contribution in [0.3, 0.4) is 0 Å². The molecule has 1 aromatic heterocycles. The number of thiazole rings is 1. The molecular weight excluding hydrogens is 282 g/mol. The molecule has 21 heavy (non-hydrogen) atoms. The van der Waals surface area contributed by atoms with Crippen LogP contribution in [0.2, 0.25) is 0 Å². The van der Waals surface area contributed by atoms with Crippen LogP contribution in [0.1, 0.15) is 18.9 Å². The lowest BCUT2D eigenvalue weighted by Crippen LogP contribution is -2.53. The summed E-state index contributed by atoms with van der Waals surface area (Å²) >= 11 is 1.74. The molecule has 0 spiro atoms. The Morgan fingerprint density at radius 3 is 3.00 bits per heavy atom. The largest absolute Gasteiger partial charge is 0.374 e. The molecule has 114 valence electrons. The number of hydrogen-bond acceptors (Lipinski definition) is 5. The van der Waals surface area contributed by atoms with E-state index in [2.05, 4.69) is 41.9 Å². The van der Waals surface area contributed by atoms with Crippen LogP contribution in [-0.4, -0.2) is 47.8 Å². The molecule has 0 amide bonds. The van der Waals surface area contributed by atoms with Crippen LogP contribution >= 0.6 is 11.3 Å². The predicted octanol–water partition coefficient (Wildman–Crippen LogP) is 2.28. The Kier molecular flexibility index (Phi) is 4.54. The lowest BCUT2D eigenvalue weighted by molar-refractivity contribution is -0.0495. The number of ether oxygens (including phenoxy) is 1. The monoisotopic (exact) mass is 305 g/mol. The first-order chi connectivity index (χ1) is 10.1. The summed E-state index contributed by atoms with van der Waals surface area (Å²) in [6.07, 6.45) is 0.892. The molecule has 4 nitrogen and oxygen atoms in total. The lowest BCUT2D eigenvalue weighted by atomic mass is 10.1. The predicted molar refractivity (Wildman–Crippen MR) is 87.7 cm³/mol. The maximum absolute atomic E-state index is 6.38. The van der Waals surface area contributed by atoms with Crippen molar-refractivity contribution in [3.8, 4) is 0 Å². The van der Waals surface area contributed by atoms with Gasteiger partial charge in [-0.2, -0.15) is 0 Å². The van der Waals surface area contributed by atoms with Gasteiger partial charge in [0.1, 0.15) is 0 Å². The summed E-state index contributed by atoms with van der Waals surface area (Å²) in [7, 11) is 0. The molecule has 1 saturated heterocycles. The molecule has 0 saturated carbocycles. The number of fused-ring (bicyclic) bond motifs is 1. The number of benzene rings is 1. The van der Waals surface area contributed by atoms with Gasteiger partial charge in [0.2, 0.25) is 0 Å². The third-order valence-corrected chi connectivity index (χ3v) is 5.14. The van der Waals surface area contributed by atoms with Crippen LogP contribution in [0.15, 0.2) is 24.3 Å². The number of para-hydroxylation sites is 1. The van der Waals surface area contributed by atoms with Gasteiger partial charge in [0.15, 0.2) is 0 Å². The van der Waals surface area contributed by atoms with E-state index in [0.29, 0.717) is 6.04 Å². The van der Waals surface area contributed by atoms with Crippen LogP contribution in [0.25, 0.3) is 10.2 Å². The molecule has 2 atom stereocenters. The summed E-state index contributed by atoms with van der Waals surface area (Å²) in [4.78, 5) is 7.11. The third-order valence-electron chi connectivity index (χ3n) is 4.08. The topological polar surface area (TPSA) is 51.4 Å². The highest BCUT2D eigenvalue weighted by atomic mass is 32.1. The van der Waals surface area contributed by atoms with E-state index in [9.17, 15) is 0 Å². The quantitative estimate of drug-likeness (QED) is 0.941. The highest BCUT2D eigenvalue weighted by Gasteiger charge is 2.27. The summed E-state index contributed by atoms with van der Waals surface area (Å²) in [5.41, 5.74) is 7.45. The second-order valence-electron chi connectivity index (χ2n) is 5.94. The van der Waals surface area contributed by atoms with E-state index in [1.807, 2.05) is 6.07 Å². The number of nitrogens with zero attached hydrogens (tertiary/aromatic N) is 2. The summed E-state index contributed by atoms with van der Waals surface area (Å²) < 4.78 is 7.11. The van der Waals surface area contributed by atoms with E-state index in [4.69, 9.17) is 10.5 Å². The highest BCUT2D eigenvalue weighted by Crippen LogP contribution is 2.23. The summed E-state index contributed by atoms with van der Waals surface area (Å²) in [6.45, 7) is 7.14. The maximum Gasteiger partial charge on any atom is 0.0955 e. The van der Waals surface area contributed by atoms with Crippen LogP contribution < -0.4 is 5.73 Å². The number of morpholine rings is 1. The number of nitrogens with two attached hydrogens (primary N) is 1. The molecule has 1 aromatic carbocycles. The molecular formula is C16H23N3OS. The lowest BCUT2D eigenvalue weighted by Gasteiger charge is -2.37. The van der Waals surface area contributed by atoms with E-state index in [1.165, 1.54) is 4.70 Å². The van der Waals surface area contributed by atoms with Gasteiger partial charge in [-0.05, 0) is 26.0 Å². The molecule has 3 rings (SSSR count). The molecule has 0 bridgehead atoms. The number of hydrogen-bond donors (Lipinski definition) is 1. The van der Waals surface area contributed by atoms with Gasteiger partial charge in [0.25, 0.3) is 0 Å². The maximum atomic E-state index is 6.38. The molecule has 1 aliphatic rings. The zero-order valence-electron chi connectivity index (χ0n) is 12.7.